The van der Waals surface area contributed by atoms with Gasteiger partial charge in [0.25, 0.3) is 5.91 Å². The van der Waals surface area contributed by atoms with Gasteiger partial charge in [0.2, 0.25) is 5.91 Å². The minimum atomic E-state index is -0.791. The predicted molar refractivity (Wildman–Crippen MR) is 95.9 cm³/mol. The van der Waals surface area contributed by atoms with E-state index in [9.17, 15) is 9.59 Å². The summed E-state index contributed by atoms with van der Waals surface area (Å²) in [5.41, 5.74) is 6.66. The molecule has 2 aliphatic rings. The standard InChI is InChI=1S/C17H14Cl2N4O2/c18-11-5-10-13(6-12(11)19)22-16(25)17(10)3-4-23(8-17)15(24)9-1-2-14(20)21-7-9/h1-2,5-7H,3-4,8H2,(H2,20,21)(H,22,25)/t17-/m1/s1. The average Bonchev–Trinajstić information content (AvgIpc) is 3.13. The van der Waals surface area contributed by atoms with Gasteiger partial charge in [-0.3, -0.25) is 9.59 Å². The molecule has 1 aromatic carbocycles. The van der Waals surface area contributed by atoms with E-state index in [4.69, 9.17) is 28.9 Å². The fourth-order valence-electron chi connectivity index (χ4n) is 3.51. The summed E-state index contributed by atoms with van der Waals surface area (Å²) in [4.78, 5) is 31.0. The summed E-state index contributed by atoms with van der Waals surface area (Å²) in [5.74, 6) is 0.0438. The van der Waals surface area contributed by atoms with Crippen LogP contribution in [0.4, 0.5) is 11.5 Å². The van der Waals surface area contributed by atoms with Crippen LogP contribution in [0.25, 0.3) is 0 Å². The number of hydrogen-bond acceptors (Lipinski definition) is 4. The Kier molecular flexibility index (Phi) is 3.63. The number of aromatic nitrogens is 1. The molecule has 0 radical (unpaired) electrons. The number of nitrogens with zero attached hydrogens (tertiary/aromatic N) is 2. The second-order valence-corrected chi connectivity index (χ2v) is 7.11. The zero-order chi connectivity index (χ0) is 17.8. The first-order valence-electron chi connectivity index (χ1n) is 7.72. The number of benzene rings is 1. The van der Waals surface area contributed by atoms with Gasteiger partial charge >= 0.3 is 0 Å². The number of hydrogen-bond donors (Lipinski definition) is 2. The number of carbonyl (C=O) groups is 2. The number of likely N-dealkylation sites (tertiary alicyclic amines) is 1. The van der Waals surface area contributed by atoms with Crippen molar-refractivity contribution in [2.24, 2.45) is 0 Å². The highest BCUT2D eigenvalue weighted by molar-refractivity contribution is 6.42. The topological polar surface area (TPSA) is 88.3 Å². The van der Waals surface area contributed by atoms with Gasteiger partial charge in [0.1, 0.15) is 5.82 Å². The molecule has 3 N–H and O–H groups in total. The number of anilines is 2. The third-order valence-corrected chi connectivity index (χ3v) is 5.57. The lowest BCUT2D eigenvalue weighted by Gasteiger charge is -2.23. The van der Waals surface area contributed by atoms with E-state index in [-0.39, 0.29) is 18.4 Å². The van der Waals surface area contributed by atoms with Crippen LogP contribution in [-0.4, -0.2) is 34.8 Å². The average molecular weight is 377 g/mol. The Hall–Kier alpha value is -2.31. The Bertz CT molecular complexity index is 900. The van der Waals surface area contributed by atoms with Crippen LogP contribution in [0.2, 0.25) is 10.0 Å². The molecule has 0 bridgehead atoms. The molecule has 1 fully saturated rings. The lowest BCUT2D eigenvalue weighted by atomic mass is 9.81. The number of rotatable bonds is 1. The number of halogens is 2. The van der Waals surface area contributed by atoms with Crippen molar-refractivity contribution in [1.29, 1.82) is 0 Å². The summed E-state index contributed by atoms with van der Waals surface area (Å²) < 4.78 is 0. The number of carbonyl (C=O) groups excluding carboxylic acids is 2. The number of nitrogen functional groups attached to an aromatic ring is 1. The molecule has 2 amide bonds. The zero-order valence-electron chi connectivity index (χ0n) is 13.1. The number of pyridine rings is 1. The molecule has 1 atom stereocenters. The van der Waals surface area contributed by atoms with Gasteiger partial charge in [0.15, 0.2) is 0 Å². The molecule has 1 spiro atoms. The van der Waals surface area contributed by atoms with Crippen LogP contribution < -0.4 is 11.1 Å². The van der Waals surface area contributed by atoms with Crippen LogP contribution in [0.5, 0.6) is 0 Å². The minimum Gasteiger partial charge on any atom is -0.384 e. The second kappa shape index (κ2) is 5.61. The Morgan fingerprint density at radius 2 is 2.04 bits per heavy atom. The van der Waals surface area contributed by atoms with Gasteiger partial charge in [-0.05, 0) is 36.2 Å². The molecule has 0 aliphatic carbocycles. The Morgan fingerprint density at radius 3 is 2.76 bits per heavy atom. The van der Waals surface area contributed by atoms with Crippen LogP contribution >= 0.6 is 23.2 Å². The molecule has 6 nitrogen and oxygen atoms in total. The van der Waals surface area contributed by atoms with Crippen LogP contribution in [0, 0.1) is 0 Å². The first-order valence-corrected chi connectivity index (χ1v) is 8.48. The number of amides is 2. The Balaban J connectivity index is 1.66. The molecule has 3 heterocycles. The molecule has 1 aromatic heterocycles. The number of fused-ring (bicyclic) bond motifs is 2. The van der Waals surface area contributed by atoms with Crippen LogP contribution in [-0.2, 0) is 10.2 Å². The van der Waals surface area contributed by atoms with E-state index < -0.39 is 5.41 Å². The van der Waals surface area contributed by atoms with Gasteiger partial charge in [-0.2, -0.15) is 0 Å². The Labute approximate surface area is 153 Å². The third kappa shape index (κ3) is 2.44. The molecule has 4 rings (SSSR count). The van der Waals surface area contributed by atoms with Crippen molar-refractivity contribution < 1.29 is 9.59 Å². The fraction of sp³-hybridized carbons (Fsp3) is 0.235. The first-order chi connectivity index (χ1) is 11.9. The fourth-order valence-corrected chi connectivity index (χ4v) is 3.84. The smallest absolute Gasteiger partial charge is 0.255 e. The molecule has 0 unspecified atom stereocenters. The largest absolute Gasteiger partial charge is 0.384 e. The highest BCUT2D eigenvalue weighted by atomic mass is 35.5. The van der Waals surface area contributed by atoms with Crippen molar-refractivity contribution in [1.82, 2.24) is 9.88 Å². The van der Waals surface area contributed by atoms with Gasteiger partial charge in [0.05, 0.1) is 21.0 Å². The van der Waals surface area contributed by atoms with E-state index in [1.54, 1.807) is 29.2 Å². The van der Waals surface area contributed by atoms with Crippen molar-refractivity contribution in [3.8, 4) is 0 Å². The van der Waals surface area contributed by atoms with Crippen molar-refractivity contribution in [3.63, 3.8) is 0 Å². The summed E-state index contributed by atoms with van der Waals surface area (Å²) in [5, 5.41) is 3.63. The van der Waals surface area contributed by atoms with E-state index >= 15 is 0 Å². The maximum absolute atomic E-state index is 12.7. The van der Waals surface area contributed by atoms with Crippen LogP contribution in [0.3, 0.4) is 0 Å². The van der Waals surface area contributed by atoms with E-state index in [0.717, 1.165) is 5.56 Å². The van der Waals surface area contributed by atoms with Crippen LogP contribution in [0.15, 0.2) is 30.5 Å². The molecular formula is C17H14Cl2N4O2. The number of nitrogens with one attached hydrogen (secondary N) is 1. The summed E-state index contributed by atoms with van der Waals surface area (Å²) in [6.07, 6.45) is 1.97. The Morgan fingerprint density at radius 1 is 1.28 bits per heavy atom. The molecule has 2 aliphatic heterocycles. The maximum atomic E-state index is 12.7. The van der Waals surface area contributed by atoms with E-state index in [2.05, 4.69) is 10.3 Å². The van der Waals surface area contributed by atoms with E-state index in [1.807, 2.05) is 0 Å². The van der Waals surface area contributed by atoms with E-state index in [0.29, 0.717) is 40.1 Å². The van der Waals surface area contributed by atoms with Crippen molar-refractivity contribution in [3.05, 3.63) is 51.6 Å². The van der Waals surface area contributed by atoms with Gasteiger partial charge in [-0.15, -0.1) is 0 Å². The molecular weight excluding hydrogens is 363 g/mol. The lowest BCUT2D eigenvalue weighted by Crippen LogP contribution is -2.39. The predicted octanol–water partition coefficient (Wildman–Crippen LogP) is 2.71. The zero-order valence-corrected chi connectivity index (χ0v) is 14.6. The summed E-state index contributed by atoms with van der Waals surface area (Å²) in [6.45, 7) is 0.753. The monoisotopic (exact) mass is 376 g/mol. The van der Waals surface area contributed by atoms with Crippen molar-refractivity contribution in [2.45, 2.75) is 11.8 Å². The number of nitrogens with two attached hydrogens (primary N) is 1. The molecule has 128 valence electrons. The van der Waals surface area contributed by atoms with Gasteiger partial charge < -0.3 is 16.0 Å². The second-order valence-electron chi connectivity index (χ2n) is 6.30. The third-order valence-electron chi connectivity index (χ3n) is 4.85. The normalized spacial score (nSPS) is 21.5. The van der Waals surface area contributed by atoms with Gasteiger partial charge in [-0.25, -0.2) is 4.98 Å². The molecule has 2 aromatic rings. The minimum absolute atomic E-state index is 0.133. The quantitative estimate of drug-likeness (QED) is 0.800. The summed E-state index contributed by atoms with van der Waals surface area (Å²) >= 11 is 12.2. The molecule has 1 saturated heterocycles. The maximum Gasteiger partial charge on any atom is 0.255 e. The van der Waals surface area contributed by atoms with E-state index in [1.165, 1.54) is 6.20 Å². The van der Waals surface area contributed by atoms with Crippen molar-refractivity contribution >= 4 is 46.5 Å². The molecule has 0 saturated carbocycles. The van der Waals surface area contributed by atoms with Crippen LogP contribution in [0.1, 0.15) is 22.3 Å². The lowest BCUT2D eigenvalue weighted by molar-refractivity contribution is -0.120. The highest BCUT2D eigenvalue weighted by Gasteiger charge is 2.52. The molecule has 25 heavy (non-hydrogen) atoms. The summed E-state index contributed by atoms with van der Waals surface area (Å²) in [6, 6.07) is 6.59. The molecule has 8 heteroatoms. The van der Waals surface area contributed by atoms with Crippen molar-refractivity contribution in [2.75, 3.05) is 24.1 Å². The SMILES string of the molecule is Nc1ccc(C(=O)N2CC[C@]3(C2)C(=O)Nc2cc(Cl)c(Cl)cc23)cn1. The van der Waals surface area contributed by atoms with Gasteiger partial charge in [0, 0.05) is 25.0 Å². The van der Waals surface area contributed by atoms with Gasteiger partial charge in [-0.1, -0.05) is 23.2 Å². The highest BCUT2D eigenvalue weighted by Crippen LogP contribution is 2.46. The first kappa shape index (κ1) is 16.2. The summed E-state index contributed by atoms with van der Waals surface area (Å²) in [7, 11) is 0.